The first kappa shape index (κ1) is 21.8. The van der Waals surface area contributed by atoms with Crippen molar-refractivity contribution in [1.29, 1.82) is 0 Å². The van der Waals surface area contributed by atoms with Gasteiger partial charge in [-0.2, -0.15) is 0 Å². The Kier molecular flexibility index (Phi) is 7.41. The van der Waals surface area contributed by atoms with Crippen LogP contribution < -0.4 is 10.8 Å². The second-order valence-corrected chi connectivity index (χ2v) is 7.49. The van der Waals surface area contributed by atoms with E-state index < -0.39 is 13.1 Å². The number of hydrogen-bond donors (Lipinski definition) is 3. The summed E-state index contributed by atoms with van der Waals surface area (Å²) in [5.41, 5.74) is 6.58. The Morgan fingerprint density at radius 2 is 1.40 bits per heavy atom. The first-order valence-electron chi connectivity index (χ1n) is 9.89. The van der Waals surface area contributed by atoms with Crippen molar-refractivity contribution in [3.8, 4) is 0 Å². The van der Waals surface area contributed by atoms with Crippen molar-refractivity contribution >= 4 is 18.6 Å². The molecular weight excluding hydrogens is 377 g/mol. The average Bonchev–Trinajstić information content (AvgIpc) is 2.72. The molecule has 30 heavy (non-hydrogen) atoms. The summed E-state index contributed by atoms with van der Waals surface area (Å²) in [4.78, 5) is 12.1. The van der Waals surface area contributed by atoms with Crippen LogP contribution in [0.2, 0.25) is 0 Å². The molecule has 3 rings (SSSR count). The Balaban J connectivity index is 1.46. The van der Waals surface area contributed by atoms with Gasteiger partial charge in [-0.05, 0) is 48.1 Å². The van der Waals surface area contributed by atoms with Gasteiger partial charge < -0.3 is 20.1 Å². The van der Waals surface area contributed by atoms with Gasteiger partial charge in [-0.15, -0.1) is 0 Å². The number of benzene rings is 3. The van der Waals surface area contributed by atoms with Gasteiger partial charge >= 0.3 is 13.1 Å². The van der Waals surface area contributed by atoms with Gasteiger partial charge in [0, 0.05) is 13.1 Å². The van der Waals surface area contributed by atoms with Gasteiger partial charge in [0.15, 0.2) is 0 Å². The van der Waals surface area contributed by atoms with E-state index in [9.17, 15) is 4.79 Å². The standard InChI is InChI=1S/C24H26BNO4/c1-17-11-18(2)13-21(12-17)15-26-14-19-3-5-20(6-4-19)16-30-24(27)22-7-9-23(10-8-22)25(28)29/h3-13,26,28-29H,14-16H2,1-2H3. The molecule has 0 radical (unpaired) electrons. The van der Waals surface area contributed by atoms with Crippen LogP contribution in [0.1, 0.15) is 38.2 Å². The second-order valence-electron chi connectivity index (χ2n) is 7.49. The average molecular weight is 403 g/mol. The van der Waals surface area contributed by atoms with E-state index in [-0.39, 0.29) is 6.61 Å². The van der Waals surface area contributed by atoms with Gasteiger partial charge in [-0.1, -0.05) is 65.7 Å². The van der Waals surface area contributed by atoms with Crippen LogP contribution in [-0.2, 0) is 24.4 Å². The van der Waals surface area contributed by atoms with Gasteiger partial charge in [0.05, 0.1) is 5.56 Å². The van der Waals surface area contributed by atoms with Crippen molar-refractivity contribution in [3.05, 3.63) is 100 Å². The molecule has 6 heteroatoms. The summed E-state index contributed by atoms with van der Waals surface area (Å²) >= 11 is 0. The lowest BCUT2D eigenvalue weighted by Gasteiger charge is -2.09. The summed E-state index contributed by atoms with van der Waals surface area (Å²) in [7, 11) is -1.55. The number of rotatable bonds is 8. The molecule has 3 N–H and O–H groups in total. The normalized spacial score (nSPS) is 10.7. The van der Waals surface area contributed by atoms with E-state index in [1.807, 2.05) is 24.3 Å². The van der Waals surface area contributed by atoms with E-state index in [0.29, 0.717) is 11.0 Å². The van der Waals surface area contributed by atoms with Crippen LogP contribution in [0.15, 0.2) is 66.7 Å². The smallest absolute Gasteiger partial charge is 0.457 e. The van der Waals surface area contributed by atoms with Crippen LogP contribution >= 0.6 is 0 Å². The van der Waals surface area contributed by atoms with E-state index in [4.69, 9.17) is 14.8 Å². The highest BCUT2D eigenvalue weighted by atomic mass is 16.5. The molecule has 0 heterocycles. The molecule has 154 valence electrons. The molecule has 3 aromatic carbocycles. The number of nitrogens with one attached hydrogen (secondary N) is 1. The number of esters is 1. The molecule has 0 aliphatic heterocycles. The van der Waals surface area contributed by atoms with Crippen molar-refractivity contribution in [2.24, 2.45) is 0 Å². The van der Waals surface area contributed by atoms with Crippen LogP contribution in [0, 0.1) is 13.8 Å². The number of hydrogen-bond acceptors (Lipinski definition) is 5. The third kappa shape index (κ3) is 6.29. The van der Waals surface area contributed by atoms with Crippen LogP contribution in [-0.4, -0.2) is 23.1 Å². The predicted molar refractivity (Wildman–Crippen MR) is 118 cm³/mol. The lowest BCUT2D eigenvalue weighted by Crippen LogP contribution is -2.29. The SMILES string of the molecule is Cc1cc(C)cc(CNCc2ccc(COC(=O)c3ccc(B(O)O)cc3)cc2)c1. The summed E-state index contributed by atoms with van der Waals surface area (Å²) < 4.78 is 5.34. The minimum Gasteiger partial charge on any atom is -0.457 e. The zero-order chi connectivity index (χ0) is 21.5. The van der Waals surface area contributed by atoms with E-state index >= 15 is 0 Å². The molecule has 0 unspecified atom stereocenters. The zero-order valence-corrected chi connectivity index (χ0v) is 17.3. The fourth-order valence-corrected chi connectivity index (χ4v) is 3.30. The maximum Gasteiger partial charge on any atom is 0.488 e. The Morgan fingerprint density at radius 1 is 0.833 bits per heavy atom. The lowest BCUT2D eigenvalue weighted by atomic mass is 9.80. The third-order valence-electron chi connectivity index (χ3n) is 4.78. The molecule has 5 nitrogen and oxygen atoms in total. The topological polar surface area (TPSA) is 78.8 Å². The monoisotopic (exact) mass is 403 g/mol. The van der Waals surface area contributed by atoms with Crippen molar-refractivity contribution < 1.29 is 19.6 Å². The Bertz CT molecular complexity index is 965. The van der Waals surface area contributed by atoms with E-state index in [1.54, 1.807) is 0 Å². The van der Waals surface area contributed by atoms with Crippen LogP contribution in [0.4, 0.5) is 0 Å². The highest BCUT2D eigenvalue weighted by Gasteiger charge is 2.13. The molecule has 0 saturated heterocycles. The summed E-state index contributed by atoms with van der Waals surface area (Å²) in [6.45, 7) is 5.97. The molecule has 0 saturated carbocycles. The third-order valence-corrected chi connectivity index (χ3v) is 4.78. The van der Waals surface area contributed by atoms with E-state index in [0.717, 1.165) is 24.2 Å². The van der Waals surface area contributed by atoms with Crippen LogP contribution in [0.5, 0.6) is 0 Å². The van der Waals surface area contributed by atoms with Gasteiger partial charge in [0.1, 0.15) is 6.61 Å². The maximum atomic E-state index is 12.1. The molecule has 0 fully saturated rings. The lowest BCUT2D eigenvalue weighted by molar-refractivity contribution is 0.0472. The fraction of sp³-hybridized carbons (Fsp3) is 0.208. The molecule has 0 aliphatic carbocycles. The summed E-state index contributed by atoms with van der Waals surface area (Å²) in [5.74, 6) is -0.451. The van der Waals surface area contributed by atoms with Crippen molar-refractivity contribution in [2.75, 3.05) is 0 Å². The second kappa shape index (κ2) is 10.2. The van der Waals surface area contributed by atoms with E-state index in [2.05, 4.69) is 37.4 Å². The molecule has 3 aromatic rings. The van der Waals surface area contributed by atoms with Crippen LogP contribution in [0.3, 0.4) is 0 Å². The van der Waals surface area contributed by atoms with Gasteiger partial charge in [0.25, 0.3) is 0 Å². The Morgan fingerprint density at radius 3 is 2.00 bits per heavy atom. The van der Waals surface area contributed by atoms with Crippen molar-refractivity contribution in [3.63, 3.8) is 0 Å². The summed E-state index contributed by atoms with van der Waals surface area (Å²) in [6, 6.07) is 20.5. The number of carbonyl (C=O) groups is 1. The Labute approximate surface area is 177 Å². The molecular formula is C24H26BNO4. The summed E-state index contributed by atoms with van der Waals surface area (Å²) in [6.07, 6.45) is 0. The van der Waals surface area contributed by atoms with Gasteiger partial charge in [0.2, 0.25) is 0 Å². The quantitative estimate of drug-likeness (QED) is 0.398. The van der Waals surface area contributed by atoms with Crippen molar-refractivity contribution in [1.82, 2.24) is 5.32 Å². The number of ether oxygens (including phenoxy) is 1. The zero-order valence-electron chi connectivity index (χ0n) is 17.3. The number of carbonyl (C=O) groups excluding carboxylic acids is 1. The molecule has 0 aliphatic rings. The molecule has 0 atom stereocenters. The molecule has 0 amide bonds. The highest BCUT2D eigenvalue weighted by Crippen LogP contribution is 2.11. The molecule has 0 spiro atoms. The first-order chi connectivity index (χ1) is 14.4. The van der Waals surface area contributed by atoms with Gasteiger partial charge in [-0.25, -0.2) is 4.79 Å². The predicted octanol–water partition coefficient (Wildman–Crippen LogP) is 2.63. The highest BCUT2D eigenvalue weighted by molar-refractivity contribution is 6.58. The fourth-order valence-electron chi connectivity index (χ4n) is 3.30. The summed E-state index contributed by atoms with van der Waals surface area (Å²) in [5, 5.41) is 21.6. The Hall–Kier alpha value is -2.93. The minimum atomic E-state index is -1.55. The molecule has 0 aromatic heterocycles. The maximum absolute atomic E-state index is 12.1. The van der Waals surface area contributed by atoms with E-state index in [1.165, 1.54) is 41.0 Å². The first-order valence-corrected chi connectivity index (χ1v) is 9.89. The largest absolute Gasteiger partial charge is 0.488 e. The minimum absolute atomic E-state index is 0.180. The van der Waals surface area contributed by atoms with Crippen molar-refractivity contribution in [2.45, 2.75) is 33.5 Å². The van der Waals surface area contributed by atoms with Crippen LogP contribution in [0.25, 0.3) is 0 Å². The number of aryl methyl sites for hydroxylation is 2. The molecule has 0 bridgehead atoms. The van der Waals surface area contributed by atoms with Gasteiger partial charge in [-0.3, -0.25) is 0 Å².